The van der Waals surface area contributed by atoms with Gasteiger partial charge in [0.05, 0.1) is 23.8 Å². The molecule has 3 rings (SSSR count). The highest BCUT2D eigenvalue weighted by atomic mass is 35.5. The summed E-state index contributed by atoms with van der Waals surface area (Å²) in [6.07, 6.45) is -4.86. The molecule has 0 bridgehead atoms. The third-order valence-corrected chi connectivity index (χ3v) is 4.49. The number of rotatable bonds is 6. The van der Waals surface area contributed by atoms with Crippen molar-refractivity contribution in [2.75, 3.05) is 12.4 Å². The van der Waals surface area contributed by atoms with Gasteiger partial charge in [0, 0.05) is 19.2 Å². The lowest BCUT2D eigenvalue weighted by atomic mass is 10.2. The Balaban J connectivity index is 1.91. The Morgan fingerprint density at radius 3 is 2.31 bits per heavy atom. The topological polar surface area (TPSA) is 109 Å². The van der Waals surface area contributed by atoms with Crippen LogP contribution in [0.3, 0.4) is 0 Å². The Bertz CT molecular complexity index is 1180. The van der Waals surface area contributed by atoms with E-state index in [9.17, 15) is 28.1 Å². The number of ether oxygens (including phenoxy) is 2. The standard InChI is InChI=1S/C19H14ClF3N4O5/c1-26-16(15(20)17(25-26)19(21,22)23)18(28)24-10-7-11(27(29)30)9-14(8-10)32-13-5-3-12(31-2)4-6-13/h3-9H,1-2H3,(H,24,28). The summed E-state index contributed by atoms with van der Waals surface area (Å²) in [4.78, 5) is 23.1. The van der Waals surface area contributed by atoms with Gasteiger partial charge < -0.3 is 14.8 Å². The van der Waals surface area contributed by atoms with Crippen molar-refractivity contribution in [2.45, 2.75) is 6.18 Å². The average molecular weight is 471 g/mol. The molecule has 1 N–H and O–H groups in total. The zero-order valence-electron chi connectivity index (χ0n) is 16.4. The number of aromatic nitrogens is 2. The molecule has 0 unspecified atom stereocenters. The minimum absolute atomic E-state index is 0.00625. The summed E-state index contributed by atoms with van der Waals surface area (Å²) in [6, 6.07) is 9.75. The second-order valence-electron chi connectivity index (χ2n) is 6.34. The van der Waals surface area contributed by atoms with E-state index in [1.54, 1.807) is 24.3 Å². The highest BCUT2D eigenvalue weighted by molar-refractivity contribution is 6.34. The fraction of sp³-hybridized carbons (Fsp3) is 0.158. The molecule has 0 aliphatic rings. The molecule has 32 heavy (non-hydrogen) atoms. The van der Waals surface area contributed by atoms with E-state index in [1.165, 1.54) is 13.2 Å². The van der Waals surface area contributed by atoms with Gasteiger partial charge in [-0.3, -0.25) is 19.6 Å². The predicted molar refractivity (Wildman–Crippen MR) is 107 cm³/mol. The van der Waals surface area contributed by atoms with Crippen LogP contribution in [0.5, 0.6) is 17.2 Å². The maximum Gasteiger partial charge on any atom is 0.436 e. The summed E-state index contributed by atoms with van der Waals surface area (Å²) in [7, 11) is 2.60. The third-order valence-electron chi connectivity index (χ3n) is 4.13. The van der Waals surface area contributed by atoms with Crippen LogP contribution in [-0.2, 0) is 13.2 Å². The lowest BCUT2D eigenvalue weighted by molar-refractivity contribution is -0.384. The number of nitrogens with zero attached hydrogens (tertiary/aromatic N) is 3. The highest BCUT2D eigenvalue weighted by Crippen LogP contribution is 2.36. The molecule has 0 atom stereocenters. The Kier molecular flexibility index (Phi) is 6.25. The number of aryl methyl sites for hydroxylation is 1. The van der Waals surface area contributed by atoms with Crippen LogP contribution < -0.4 is 14.8 Å². The molecule has 0 aliphatic heterocycles. The number of alkyl halides is 3. The van der Waals surface area contributed by atoms with Crippen LogP contribution in [0.25, 0.3) is 0 Å². The predicted octanol–water partition coefficient (Wildman–Crippen LogP) is 5.05. The molecule has 0 fully saturated rings. The molecule has 0 spiro atoms. The first-order chi connectivity index (χ1) is 15.0. The van der Waals surface area contributed by atoms with Gasteiger partial charge in [0.25, 0.3) is 11.6 Å². The molecule has 13 heteroatoms. The molecule has 1 aromatic heterocycles. The van der Waals surface area contributed by atoms with Crippen molar-refractivity contribution in [3.05, 3.63) is 69.0 Å². The Morgan fingerprint density at radius 1 is 1.16 bits per heavy atom. The van der Waals surface area contributed by atoms with Gasteiger partial charge in [-0.05, 0) is 24.3 Å². The van der Waals surface area contributed by atoms with Crippen molar-refractivity contribution < 1.29 is 32.4 Å². The van der Waals surface area contributed by atoms with Crippen LogP contribution in [0, 0.1) is 10.1 Å². The summed E-state index contributed by atoms with van der Waals surface area (Å²) in [5.74, 6) is -0.146. The number of amides is 1. The van der Waals surface area contributed by atoms with Crippen LogP contribution in [0.15, 0.2) is 42.5 Å². The number of benzene rings is 2. The smallest absolute Gasteiger partial charge is 0.436 e. The van der Waals surface area contributed by atoms with Crippen molar-refractivity contribution >= 4 is 28.9 Å². The maximum absolute atomic E-state index is 13.0. The third kappa shape index (κ3) is 4.91. The van der Waals surface area contributed by atoms with Gasteiger partial charge in [0.2, 0.25) is 0 Å². The summed E-state index contributed by atoms with van der Waals surface area (Å²) < 4.78 is 50.3. The van der Waals surface area contributed by atoms with Crippen LogP contribution in [0.2, 0.25) is 5.02 Å². The van der Waals surface area contributed by atoms with E-state index < -0.39 is 39.1 Å². The number of nitro groups is 1. The molecule has 2 aromatic carbocycles. The first kappa shape index (κ1) is 22.9. The fourth-order valence-electron chi connectivity index (χ4n) is 2.72. The molecule has 0 saturated carbocycles. The number of hydrogen-bond donors (Lipinski definition) is 1. The largest absolute Gasteiger partial charge is 0.497 e. The average Bonchev–Trinajstić information content (AvgIpc) is 3.02. The molecular weight excluding hydrogens is 457 g/mol. The van der Waals surface area contributed by atoms with E-state index in [2.05, 4.69) is 10.4 Å². The fourth-order valence-corrected chi connectivity index (χ4v) is 3.07. The number of hydrogen-bond acceptors (Lipinski definition) is 6. The Morgan fingerprint density at radius 2 is 1.78 bits per heavy atom. The summed E-state index contributed by atoms with van der Waals surface area (Å²) in [6.45, 7) is 0. The SMILES string of the molecule is COc1ccc(Oc2cc(NC(=O)c3c(Cl)c(C(F)(F)F)nn3C)cc([N+](=O)[O-])c2)cc1. The van der Waals surface area contributed by atoms with Crippen molar-refractivity contribution in [3.63, 3.8) is 0 Å². The zero-order valence-corrected chi connectivity index (χ0v) is 17.2. The van der Waals surface area contributed by atoms with Gasteiger partial charge in [-0.1, -0.05) is 11.6 Å². The molecule has 0 radical (unpaired) electrons. The Labute approximate surface area is 183 Å². The van der Waals surface area contributed by atoms with Crippen molar-refractivity contribution in [3.8, 4) is 17.2 Å². The van der Waals surface area contributed by atoms with Gasteiger partial charge in [0.15, 0.2) is 5.69 Å². The van der Waals surface area contributed by atoms with Crippen LogP contribution >= 0.6 is 11.6 Å². The minimum atomic E-state index is -4.86. The normalized spacial score (nSPS) is 11.2. The highest BCUT2D eigenvalue weighted by Gasteiger charge is 2.39. The molecule has 3 aromatic rings. The first-order valence-corrected chi connectivity index (χ1v) is 9.10. The Hall–Kier alpha value is -3.80. The van der Waals surface area contributed by atoms with E-state index in [-0.39, 0.29) is 11.4 Å². The van der Waals surface area contributed by atoms with E-state index in [0.29, 0.717) is 16.2 Å². The van der Waals surface area contributed by atoms with Crippen molar-refractivity contribution in [2.24, 2.45) is 7.05 Å². The summed E-state index contributed by atoms with van der Waals surface area (Å²) >= 11 is 5.71. The quantitative estimate of drug-likeness (QED) is 0.399. The number of methoxy groups -OCH3 is 1. The van der Waals surface area contributed by atoms with Gasteiger partial charge in [-0.15, -0.1) is 0 Å². The molecule has 1 heterocycles. The van der Waals surface area contributed by atoms with E-state index in [0.717, 1.165) is 19.2 Å². The number of non-ortho nitro benzene ring substituents is 1. The summed E-state index contributed by atoms with van der Waals surface area (Å²) in [5, 5.41) is 15.9. The lowest BCUT2D eigenvalue weighted by Gasteiger charge is -2.10. The molecule has 0 aliphatic carbocycles. The second kappa shape index (κ2) is 8.75. The molecular formula is C19H14ClF3N4O5. The molecule has 9 nitrogen and oxygen atoms in total. The van der Waals surface area contributed by atoms with Gasteiger partial charge >= 0.3 is 6.18 Å². The molecule has 1 amide bonds. The number of carbonyl (C=O) groups excluding carboxylic acids is 1. The zero-order chi connectivity index (χ0) is 23.6. The van der Waals surface area contributed by atoms with Crippen molar-refractivity contribution in [1.29, 1.82) is 0 Å². The summed E-state index contributed by atoms with van der Waals surface area (Å²) in [5.41, 5.74) is -2.51. The molecule has 0 saturated heterocycles. The maximum atomic E-state index is 13.0. The van der Waals surface area contributed by atoms with E-state index in [1.807, 2.05) is 0 Å². The lowest BCUT2D eigenvalue weighted by Crippen LogP contribution is -2.16. The van der Waals surface area contributed by atoms with Gasteiger partial charge in [-0.2, -0.15) is 18.3 Å². The van der Waals surface area contributed by atoms with Crippen molar-refractivity contribution in [1.82, 2.24) is 9.78 Å². The number of nitro benzene ring substituents is 1. The molecule has 168 valence electrons. The van der Waals surface area contributed by atoms with Gasteiger partial charge in [0.1, 0.15) is 28.0 Å². The number of nitrogens with one attached hydrogen (secondary N) is 1. The van der Waals surface area contributed by atoms with Crippen LogP contribution in [0.1, 0.15) is 16.2 Å². The number of carbonyl (C=O) groups is 1. The van der Waals surface area contributed by atoms with E-state index in [4.69, 9.17) is 21.1 Å². The number of anilines is 1. The first-order valence-electron chi connectivity index (χ1n) is 8.72. The van der Waals surface area contributed by atoms with E-state index >= 15 is 0 Å². The van der Waals surface area contributed by atoms with Gasteiger partial charge in [-0.25, -0.2) is 0 Å². The minimum Gasteiger partial charge on any atom is -0.497 e. The monoisotopic (exact) mass is 470 g/mol. The number of halogens is 4. The van der Waals surface area contributed by atoms with Crippen LogP contribution in [0.4, 0.5) is 24.5 Å². The second-order valence-corrected chi connectivity index (χ2v) is 6.71. The van der Waals surface area contributed by atoms with Crippen LogP contribution in [-0.4, -0.2) is 27.7 Å².